The first-order valence-electron chi connectivity index (χ1n) is 7.45. The van der Waals surface area contributed by atoms with E-state index in [-0.39, 0.29) is 12.6 Å². The lowest BCUT2D eigenvalue weighted by Gasteiger charge is -2.09. The zero-order valence-electron chi connectivity index (χ0n) is 14.6. The first-order chi connectivity index (χ1) is 9.62. The Bertz CT molecular complexity index is 161. The summed E-state index contributed by atoms with van der Waals surface area (Å²) in [6, 6.07) is 0. The standard InChI is InChI=1S/C6H14O2.C4H8O2.C3H7N.C2H6/c1-4-7-6(3)8-5-2;1-4-5-2-3-6-4;1-3-4-2;1-2/h6H,4-5H2,1-3H3;4H,2-3H2,1H3;3H,1-2H3;1-2H3. The van der Waals surface area contributed by atoms with Crippen molar-refractivity contribution in [3.8, 4) is 0 Å². The number of ether oxygens (including phenoxy) is 4. The lowest BCUT2D eigenvalue weighted by atomic mass is 10.7. The molecule has 0 aromatic rings. The summed E-state index contributed by atoms with van der Waals surface area (Å²) in [5.74, 6) is 0. The van der Waals surface area contributed by atoms with Crippen LogP contribution in [-0.2, 0) is 18.9 Å². The van der Waals surface area contributed by atoms with Crippen LogP contribution in [0, 0.1) is 0 Å². The minimum atomic E-state index is -0.0370. The Morgan fingerprint density at radius 1 is 1.15 bits per heavy atom. The molecule has 0 bridgehead atoms. The maximum atomic E-state index is 5.06. The van der Waals surface area contributed by atoms with Gasteiger partial charge in [0.05, 0.1) is 13.2 Å². The first-order valence-corrected chi connectivity index (χ1v) is 7.45. The maximum Gasteiger partial charge on any atom is 0.155 e. The highest BCUT2D eigenvalue weighted by molar-refractivity contribution is 5.52. The van der Waals surface area contributed by atoms with E-state index in [1.807, 2.05) is 48.5 Å². The molecule has 5 heteroatoms. The molecule has 0 spiro atoms. The molecule has 1 aliphatic rings. The van der Waals surface area contributed by atoms with Gasteiger partial charge in [0, 0.05) is 20.3 Å². The summed E-state index contributed by atoms with van der Waals surface area (Å²) < 4.78 is 20.0. The number of aliphatic imine (C=N–C) groups is 1. The van der Waals surface area contributed by atoms with Crippen LogP contribution in [0.1, 0.15) is 48.5 Å². The molecule has 0 atom stereocenters. The van der Waals surface area contributed by atoms with Crippen LogP contribution in [0.4, 0.5) is 0 Å². The van der Waals surface area contributed by atoms with Crippen LogP contribution in [0.25, 0.3) is 0 Å². The van der Waals surface area contributed by atoms with Gasteiger partial charge in [-0.05, 0) is 40.8 Å². The summed E-state index contributed by atoms with van der Waals surface area (Å²) in [7, 11) is 1.75. The van der Waals surface area contributed by atoms with E-state index in [1.54, 1.807) is 13.3 Å². The van der Waals surface area contributed by atoms with Gasteiger partial charge in [-0.3, -0.25) is 0 Å². The molecule has 1 heterocycles. The second kappa shape index (κ2) is 23.6. The molecule has 0 aliphatic carbocycles. The average molecular weight is 293 g/mol. The van der Waals surface area contributed by atoms with Crippen molar-refractivity contribution in [3.63, 3.8) is 0 Å². The molecule has 0 aromatic carbocycles. The smallest absolute Gasteiger partial charge is 0.155 e. The van der Waals surface area contributed by atoms with Crippen molar-refractivity contribution in [1.82, 2.24) is 0 Å². The fourth-order valence-electron chi connectivity index (χ4n) is 0.994. The molecule has 1 rings (SSSR count). The van der Waals surface area contributed by atoms with E-state index in [9.17, 15) is 0 Å². The van der Waals surface area contributed by atoms with Crippen molar-refractivity contribution in [3.05, 3.63) is 0 Å². The van der Waals surface area contributed by atoms with Crippen molar-refractivity contribution < 1.29 is 18.9 Å². The van der Waals surface area contributed by atoms with E-state index in [0.29, 0.717) is 0 Å². The second-order valence-electron chi connectivity index (χ2n) is 3.30. The first kappa shape index (κ1) is 24.5. The minimum absolute atomic E-state index is 0.0370. The summed E-state index contributed by atoms with van der Waals surface area (Å²) in [5, 5.41) is 0. The molecule has 1 aliphatic heterocycles. The lowest BCUT2D eigenvalue weighted by Crippen LogP contribution is -2.11. The largest absolute Gasteiger partial charge is 0.353 e. The molecule has 0 unspecified atom stereocenters. The van der Waals surface area contributed by atoms with Crippen molar-refractivity contribution in [2.45, 2.75) is 61.0 Å². The van der Waals surface area contributed by atoms with Gasteiger partial charge in [0.15, 0.2) is 12.6 Å². The lowest BCUT2D eigenvalue weighted by molar-refractivity contribution is -0.123. The summed E-state index contributed by atoms with van der Waals surface area (Å²) >= 11 is 0. The monoisotopic (exact) mass is 293 g/mol. The highest BCUT2D eigenvalue weighted by Gasteiger charge is 2.07. The van der Waals surface area contributed by atoms with E-state index in [0.717, 1.165) is 26.4 Å². The highest BCUT2D eigenvalue weighted by Crippen LogP contribution is 1.99. The van der Waals surface area contributed by atoms with Gasteiger partial charge in [0.1, 0.15) is 0 Å². The number of rotatable bonds is 4. The Kier molecular flexibility index (Phi) is 28.9. The Morgan fingerprint density at radius 3 is 1.65 bits per heavy atom. The van der Waals surface area contributed by atoms with Gasteiger partial charge in [0.25, 0.3) is 0 Å². The van der Waals surface area contributed by atoms with E-state index in [2.05, 4.69) is 4.99 Å². The van der Waals surface area contributed by atoms with E-state index < -0.39 is 0 Å². The van der Waals surface area contributed by atoms with E-state index in [4.69, 9.17) is 18.9 Å². The van der Waals surface area contributed by atoms with Gasteiger partial charge in [-0.15, -0.1) is 0 Å². The molecule has 0 aromatic heterocycles. The van der Waals surface area contributed by atoms with Gasteiger partial charge in [-0.1, -0.05) is 13.8 Å². The highest BCUT2D eigenvalue weighted by atomic mass is 16.7. The molecule has 0 saturated carbocycles. The Balaban J connectivity index is -0.000000213. The van der Waals surface area contributed by atoms with Gasteiger partial charge in [-0.25, -0.2) is 0 Å². The van der Waals surface area contributed by atoms with Crippen LogP contribution < -0.4 is 0 Å². The predicted molar refractivity (Wildman–Crippen MR) is 85.5 cm³/mol. The maximum absolute atomic E-state index is 5.06. The molecule has 1 fully saturated rings. The zero-order chi connectivity index (χ0) is 16.2. The van der Waals surface area contributed by atoms with Crippen molar-refractivity contribution in [1.29, 1.82) is 0 Å². The molecular weight excluding hydrogens is 258 g/mol. The average Bonchev–Trinajstić information content (AvgIpc) is 2.94. The van der Waals surface area contributed by atoms with Crippen LogP contribution in [0.5, 0.6) is 0 Å². The van der Waals surface area contributed by atoms with Crippen LogP contribution in [0.2, 0.25) is 0 Å². The van der Waals surface area contributed by atoms with Crippen molar-refractivity contribution in [2.75, 3.05) is 33.5 Å². The quantitative estimate of drug-likeness (QED) is 0.588. The van der Waals surface area contributed by atoms with Crippen LogP contribution in [0.3, 0.4) is 0 Å². The third-order valence-electron chi connectivity index (χ3n) is 1.85. The van der Waals surface area contributed by atoms with Crippen LogP contribution >= 0.6 is 0 Å². The summed E-state index contributed by atoms with van der Waals surface area (Å²) in [5.41, 5.74) is 0. The van der Waals surface area contributed by atoms with Gasteiger partial charge in [0.2, 0.25) is 0 Å². The number of hydrogen-bond donors (Lipinski definition) is 0. The normalized spacial score (nSPS) is 14.1. The fourth-order valence-corrected chi connectivity index (χ4v) is 0.994. The van der Waals surface area contributed by atoms with Crippen LogP contribution in [0.15, 0.2) is 4.99 Å². The molecular formula is C15H35NO4. The SMILES string of the molecule is CC.CC1OCCO1.CC=NC.CCOC(C)OCC. The fraction of sp³-hybridized carbons (Fsp3) is 0.933. The van der Waals surface area contributed by atoms with Crippen LogP contribution in [-0.4, -0.2) is 52.3 Å². The summed E-state index contributed by atoms with van der Waals surface area (Å²) in [6.45, 7) is 16.6. The van der Waals surface area contributed by atoms with E-state index >= 15 is 0 Å². The van der Waals surface area contributed by atoms with Gasteiger partial charge >= 0.3 is 0 Å². The Morgan fingerprint density at radius 2 is 1.50 bits per heavy atom. The number of hydrogen-bond acceptors (Lipinski definition) is 5. The zero-order valence-corrected chi connectivity index (χ0v) is 14.6. The van der Waals surface area contributed by atoms with Gasteiger partial charge in [-0.2, -0.15) is 0 Å². The minimum Gasteiger partial charge on any atom is -0.353 e. The van der Waals surface area contributed by atoms with E-state index in [1.165, 1.54) is 0 Å². The molecule has 0 amide bonds. The molecule has 0 radical (unpaired) electrons. The molecule has 1 saturated heterocycles. The third kappa shape index (κ3) is 26.1. The number of nitrogens with zero attached hydrogens (tertiary/aromatic N) is 1. The summed E-state index contributed by atoms with van der Waals surface area (Å²) in [6.07, 6.45) is 1.76. The van der Waals surface area contributed by atoms with Gasteiger partial charge < -0.3 is 23.9 Å². The van der Waals surface area contributed by atoms with Crippen molar-refractivity contribution >= 4 is 6.21 Å². The molecule has 5 nitrogen and oxygen atoms in total. The predicted octanol–water partition coefficient (Wildman–Crippen LogP) is 3.52. The molecule has 0 N–H and O–H groups in total. The Hall–Kier alpha value is -0.490. The molecule has 20 heavy (non-hydrogen) atoms. The summed E-state index contributed by atoms with van der Waals surface area (Å²) in [4.78, 5) is 3.61. The van der Waals surface area contributed by atoms with Crippen molar-refractivity contribution in [2.24, 2.45) is 4.99 Å². The third-order valence-corrected chi connectivity index (χ3v) is 1.85. The topological polar surface area (TPSA) is 49.3 Å². The Labute approximate surface area is 125 Å². The molecule has 124 valence electrons. The second-order valence-corrected chi connectivity index (χ2v) is 3.30.